The molecule has 32 heavy (non-hydrogen) atoms. The van der Waals surface area contributed by atoms with E-state index in [2.05, 4.69) is 5.32 Å². The molecule has 1 aliphatic rings. The van der Waals surface area contributed by atoms with Crippen molar-refractivity contribution in [3.05, 3.63) is 47.8 Å². The molecule has 174 valence electrons. The lowest BCUT2D eigenvalue weighted by Gasteiger charge is -2.28. The molecule has 1 N–H and O–H groups in total. The van der Waals surface area contributed by atoms with Gasteiger partial charge in [-0.05, 0) is 50.2 Å². The molecule has 2 aromatic carbocycles. The Labute approximate surface area is 188 Å². The molecular formula is C22H28FN3O5S. The standard InChI is InChI=1S/C22H28FN3O5S/c1-4-25(5-2)20-8-7-17(32(28,29)26-10-12-31-13-11-26)15-19(20)24-22(27)16-6-9-21(30-3)18(23)14-16/h6-9,14-15H,4-5,10-13H2,1-3H3,(H,24,27). The number of morpholine rings is 1. The van der Waals surface area contributed by atoms with E-state index >= 15 is 0 Å². The third-order valence-electron chi connectivity index (χ3n) is 5.34. The summed E-state index contributed by atoms with van der Waals surface area (Å²) in [5, 5.41) is 2.76. The quantitative estimate of drug-likeness (QED) is 0.645. The van der Waals surface area contributed by atoms with Crippen LogP contribution in [0.15, 0.2) is 41.3 Å². The Morgan fingerprint density at radius 3 is 2.44 bits per heavy atom. The molecule has 1 aliphatic heterocycles. The van der Waals surface area contributed by atoms with E-state index in [-0.39, 0.29) is 29.3 Å². The number of sulfonamides is 1. The molecule has 1 fully saturated rings. The minimum atomic E-state index is -3.75. The molecule has 0 spiro atoms. The van der Waals surface area contributed by atoms with Crippen molar-refractivity contribution >= 4 is 27.3 Å². The summed E-state index contributed by atoms with van der Waals surface area (Å²) in [5.41, 5.74) is 1.11. The Balaban J connectivity index is 1.98. The number of carbonyl (C=O) groups excluding carboxylic acids is 1. The van der Waals surface area contributed by atoms with Crippen LogP contribution in [0.1, 0.15) is 24.2 Å². The lowest BCUT2D eigenvalue weighted by atomic mass is 10.1. The van der Waals surface area contributed by atoms with Gasteiger partial charge in [0.25, 0.3) is 5.91 Å². The minimum Gasteiger partial charge on any atom is -0.494 e. The van der Waals surface area contributed by atoms with Crippen molar-refractivity contribution in [3.8, 4) is 5.75 Å². The van der Waals surface area contributed by atoms with Crippen LogP contribution in [0.2, 0.25) is 0 Å². The average Bonchev–Trinajstić information content (AvgIpc) is 2.81. The summed E-state index contributed by atoms with van der Waals surface area (Å²) in [6.45, 7) is 6.46. The number of nitrogens with zero attached hydrogens (tertiary/aromatic N) is 2. The second kappa shape index (κ2) is 10.3. The average molecular weight is 466 g/mol. The van der Waals surface area contributed by atoms with Gasteiger partial charge in [0, 0.05) is 31.7 Å². The third kappa shape index (κ3) is 5.03. The Morgan fingerprint density at radius 2 is 1.84 bits per heavy atom. The molecular weight excluding hydrogens is 437 g/mol. The first kappa shape index (κ1) is 24.0. The summed E-state index contributed by atoms with van der Waals surface area (Å²) in [6, 6.07) is 8.58. The van der Waals surface area contributed by atoms with Crippen molar-refractivity contribution in [2.45, 2.75) is 18.7 Å². The maximum absolute atomic E-state index is 14.1. The fourth-order valence-corrected chi connectivity index (χ4v) is 4.99. The van der Waals surface area contributed by atoms with Crippen LogP contribution >= 0.6 is 0 Å². The Kier molecular flexibility index (Phi) is 7.70. The van der Waals surface area contributed by atoms with Crippen molar-refractivity contribution in [1.29, 1.82) is 0 Å². The molecule has 3 rings (SSSR count). The maximum atomic E-state index is 14.1. The summed E-state index contributed by atoms with van der Waals surface area (Å²) in [5.74, 6) is -1.18. The van der Waals surface area contributed by atoms with Crippen LogP contribution in [0.4, 0.5) is 15.8 Å². The minimum absolute atomic E-state index is 0.0315. The highest BCUT2D eigenvalue weighted by Crippen LogP contribution is 2.31. The summed E-state index contributed by atoms with van der Waals surface area (Å²) in [7, 11) is -2.41. The number of methoxy groups -OCH3 is 1. The van der Waals surface area contributed by atoms with E-state index in [0.717, 1.165) is 6.07 Å². The van der Waals surface area contributed by atoms with Crippen molar-refractivity contribution in [2.75, 3.05) is 56.7 Å². The van der Waals surface area contributed by atoms with E-state index in [1.807, 2.05) is 18.7 Å². The molecule has 0 saturated carbocycles. The van der Waals surface area contributed by atoms with Gasteiger partial charge >= 0.3 is 0 Å². The van der Waals surface area contributed by atoms with Gasteiger partial charge in [0.2, 0.25) is 10.0 Å². The molecule has 1 amide bonds. The number of anilines is 2. The number of rotatable bonds is 8. The van der Waals surface area contributed by atoms with Crippen LogP contribution in [0.3, 0.4) is 0 Å². The molecule has 8 nitrogen and oxygen atoms in total. The van der Waals surface area contributed by atoms with E-state index < -0.39 is 21.7 Å². The number of benzene rings is 2. The topological polar surface area (TPSA) is 88.2 Å². The smallest absolute Gasteiger partial charge is 0.255 e. The molecule has 10 heteroatoms. The van der Waals surface area contributed by atoms with E-state index in [0.29, 0.717) is 37.7 Å². The molecule has 0 unspecified atom stereocenters. The van der Waals surface area contributed by atoms with Gasteiger partial charge in [-0.15, -0.1) is 0 Å². The molecule has 0 bridgehead atoms. The van der Waals surface area contributed by atoms with Gasteiger partial charge in [0.05, 0.1) is 36.6 Å². The maximum Gasteiger partial charge on any atom is 0.255 e. The first-order valence-corrected chi connectivity index (χ1v) is 11.9. The SMILES string of the molecule is CCN(CC)c1ccc(S(=O)(=O)N2CCOCC2)cc1NC(=O)c1ccc(OC)c(F)c1. The van der Waals surface area contributed by atoms with Gasteiger partial charge in [-0.25, -0.2) is 12.8 Å². The second-order valence-corrected chi connectivity index (χ2v) is 9.11. The first-order chi connectivity index (χ1) is 15.3. The highest BCUT2D eigenvalue weighted by atomic mass is 32.2. The van der Waals surface area contributed by atoms with Crippen LogP contribution < -0.4 is 15.0 Å². The molecule has 0 aromatic heterocycles. The van der Waals surface area contributed by atoms with Crippen LogP contribution in [0, 0.1) is 5.82 Å². The number of ether oxygens (including phenoxy) is 2. The molecule has 0 radical (unpaired) electrons. The zero-order chi connectivity index (χ0) is 23.3. The van der Waals surface area contributed by atoms with Crippen molar-refractivity contribution in [1.82, 2.24) is 4.31 Å². The zero-order valence-corrected chi connectivity index (χ0v) is 19.2. The number of hydrogen-bond acceptors (Lipinski definition) is 6. The third-order valence-corrected chi connectivity index (χ3v) is 7.24. The van der Waals surface area contributed by atoms with Gasteiger partial charge < -0.3 is 19.7 Å². The Hall–Kier alpha value is -2.69. The van der Waals surface area contributed by atoms with Crippen LogP contribution in [-0.2, 0) is 14.8 Å². The van der Waals surface area contributed by atoms with E-state index in [4.69, 9.17) is 9.47 Å². The Bertz CT molecular complexity index is 1070. The summed E-state index contributed by atoms with van der Waals surface area (Å²) >= 11 is 0. The van der Waals surface area contributed by atoms with E-state index in [1.54, 1.807) is 12.1 Å². The van der Waals surface area contributed by atoms with E-state index in [1.165, 1.54) is 29.6 Å². The molecule has 0 atom stereocenters. The number of halogens is 1. The Morgan fingerprint density at radius 1 is 1.16 bits per heavy atom. The number of nitrogens with one attached hydrogen (secondary N) is 1. The first-order valence-electron chi connectivity index (χ1n) is 10.4. The zero-order valence-electron chi connectivity index (χ0n) is 18.4. The van der Waals surface area contributed by atoms with Crippen molar-refractivity contribution < 1.29 is 27.1 Å². The highest BCUT2D eigenvalue weighted by molar-refractivity contribution is 7.89. The predicted molar refractivity (Wildman–Crippen MR) is 120 cm³/mol. The molecule has 0 aliphatic carbocycles. The van der Waals surface area contributed by atoms with Crippen LogP contribution in [-0.4, -0.2) is 65.1 Å². The van der Waals surface area contributed by atoms with Gasteiger partial charge in [-0.2, -0.15) is 4.31 Å². The summed E-state index contributed by atoms with van der Waals surface area (Å²) in [4.78, 5) is 14.9. The van der Waals surface area contributed by atoms with Crippen molar-refractivity contribution in [3.63, 3.8) is 0 Å². The van der Waals surface area contributed by atoms with Crippen LogP contribution in [0.25, 0.3) is 0 Å². The number of amides is 1. The summed E-state index contributed by atoms with van der Waals surface area (Å²) < 4.78 is 51.8. The molecule has 2 aromatic rings. The van der Waals surface area contributed by atoms with Gasteiger partial charge in [0.1, 0.15) is 0 Å². The number of hydrogen-bond donors (Lipinski definition) is 1. The van der Waals surface area contributed by atoms with Gasteiger partial charge in [0.15, 0.2) is 11.6 Å². The fraction of sp³-hybridized carbons (Fsp3) is 0.409. The lowest BCUT2D eigenvalue weighted by Crippen LogP contribution is -2.40. The monoisotopic (exact) mass is 465 g/mol. The van der Waals surface area contributed by atoms with E-state index in [9.17, 15) is 17.6 Å². The van der Waals surface area contributed by atoms with Gasteiger partial charge in [-0.1, -0.05) is 0 Å². The molecule has 1 saturated heterocycles. The molecule has 1 heterocycles. The lowest BCUT2D eigenvalue weighted by molar-refractivity contribution is 0.0730. The predicted octanol–water partition coefficient (Wildman–Crippen LogP) is 2.95. The van der Waals surface area contributed by atoms with Gasteiger partial charge in [-0.3, -0.25) is 4.79 Å². The van der Waals surface area contributed by atoms with Crippen molar-refractivity contribution in [2.24, 2.45) is 0 Å². The largest absolute Gasteiger partial charge is 0.494 e. The normalized spacial score (nSPS) is 14.8. The van der Waals surface area contributed by atoms with Crippen LogP contribution in [0.5, 0.6) is 5.75 Å². The highest BCUT2D eigenvalue weighted by Gasteiger charge is 2.27. The number of carbonyl (C=O) groups is 1. The summed E-state index contributed by atoms with van der Waals surface area (Å²) in [6.07, 6.45) is 0. The second-order valence-electron chi connectivity index (χ2n) is 7.17. The fourth-order valence-electron chi connectivity index (χ4n) is 3.55.